The molecule has 0 aromatic heterocycles. The number of methoxy groups -OCH3 is 1. The minimum absolute atomic E-state index is 0.0618. The normalized spacial score (nSPS) is 19.0. The standard InChI is InChI=1S/C16H25N3O4S/c1-3-10-24(21,22)19-9-5-4-6-14(19)16(20)18-12-7-8-15(23-2)13(17)11-12/h7-8,11,14H,3-6,9-10,17H2,1-2H3,(H,18,20). The summed E-state index contributed by atoms with van der Waals surface area (Å²) < 4.78 is 31.2. The maximum atomic E-state index is 12.6. The lowest BCUT2D eigenvalue weighted by Gasteiger charge is -2.33. The van der Waals surface area contributed by atoms with Gasteiger partial charge in [-0.2, -0.15) is 4.31 Å². The fourth-order valence-electron chi connectivity index (χ4n) is 2.91. The zero-order chi connectivity index (χ0) is 17.7. The Hall–Kier alpha value is -1.80. The molecule has 24 heavy (non-hydrogen) atoms. The first kappa shape index (κ1) is 18.5. The molecule has 1 aromatic carbocycles. The van der Waals surface area contributed by atoms with Gasteiger partial charge in [0.1, 0.15) is 11.8 Å². The van der Waals surface area contributed by atoms with E-state index in [0.29, 0.717) is 36.5 Å². The molecule has 134 valence electrons. The molecule has 1 atom stereocenters. The predicted molar refractivity (Wildman–Crippen MR) is 94.5 cm³/mol. The van der Waals surface area contributed by atoms with Crippen LogP contribution in [0.25, 0.3) is 0 Å². The van der Waals surface area contributed by atoms with Gasteiger partial charge in [0.2, 0.25) is 15.9 Å². The fourth-order valence-corrected chi connectivity index (χ4v) is 4.66. The van der Waals surface area contributed by atoms with Gasteiger partial charge >= 0.3 is 0 Å². The number of piperidine rings is 1. The van der Waals surface area contributed by atoms with Gasteiger partial charge in [-0.15, -0.1) is 0 Å². The molecule has 1 amide bonds. The highest BCUT2D eigenvalue weighted by molar-refractivity contribution is 7.89. The van der Waals surface area contributed by atoms with Gasteiger partial charge in [-0.05, 0) is 37.5 Å². The molecular formula is C16H25N3O4S. The number of carbonyl (C=O) groups excluding carboxylic acids is 1. The molecule has 1 aliphatic rings. The molecule has 1 unspecified atom stereocenters. The van der Waals surface area contributed by atoms with Crippen molar-refractivity contribution in [1.82, 2.24) is 4.31 Å². The Labute approximate surface area is 143 Å². The monoisotopic (exact) mass is 355 g/mol. The van der Waals surface area contributed by atoms with E-state index in [-0.39, 0.29) is 11.7 Å². The Morgan fingerprint density at radius 1 is 1.42 bits per heavy atom. The number of ether oxygens (including phenoxy) is 1. The van der Waals surface area contributed by atoms with Crippen molar-refractivity contribution < 1.29 is 17.9 Å². The number of nitrogens with one attached hydrogen (secondary N) is 1. The van der Waals surface area contributed by atoms with Gasteiger partial charge in [0.25, 0.3) is 0 Å². The molecule has 0 saturated carbocycles. The molecule has 1 aromatic rings. The summed E-state index contributed by atoms with van der Waals surface area (Å²) in [4.78, 5) is 12.6. The third-order valence-corrected chi connectivity index (χ3v) is 6.15. The summed E-state index contributed by atoms with van der Waals surface area (Å²) in [5, 5.41) is 2.77. The van der Waals surface area contributed by atoms with Crippen molar-refractivity contribution in [2.24, 2.45) is 0 Å². The van der Waals surface area contributed by atoms with Crippen molar-refractivity contribution in [3.63, 3.8) is 0 Å². The molecule has 1 fully saturated rings. The molecular weight excluding hydrogens is 330 g/mol. The van der Waals surface area contributed by atoms with E-state index < -0.39 is 16.1 Å². The first-order valence-electron chi connectivity index (χ1n) is 8.13. The highest BCUT2D eigenvalue weighted by atomic mass is 32.2. The van der Waals surface area contributed by atoms with Gasteiger partial charge in [-0.1, -0.05) is 13.3 Å². The number of hydrogen-bond acceptors (Lipinski definition) is 5. The van der Waals surface area contributed by atoms with E-state index in [2.05, 4.69) is 5.32 Å². The Morgan fingerprint density at radius 2 is 2.17 bits per heavy atom. The minimum Gasteiger partial charge on any atom is -0.495 e. The van der Waals surface area contributed by atoms with Crippen LogP contribution in [0.3, 0.4) is 0 Å². The molecule has 1 heterocycles. The lowest BCUT2D eigenvalue weighted by atomic mass is 10.0. The number of benzene rings is 1. The molecule has 1 aliphatic heterocycles. The van der Waals surface area contributed by atoms with E-state index >= 15 is 0 Å². The van der Waals surface area contributed by atoms with Crippen LogP contribution in [0.1, 0.15) is 32.6 Å². The molecule has 1 saturated heterocycles. The average Bonchev–Trinajstić information content (AvgIpc) is 2.55. The molecule has 0 spiro atoms. The van der Waals surface area contributed by atoms with Crippen molar-refractivity contribution in [2.75, 3.05) is 30.5 Å². The molecule has 0 aliphatic carbocycles. The number of rotatable bonds is 6. The maximum Gasteiger partial charge on any atom is 0.242 e. The molecule has 7 nitrogen and oxygen atoms in total. The summed E-state index contributed by atoms with van der Waals surface area (Å²) in [6.07, 6.45) is 2.67. The third kappa shape index (κ3) is 4.18. The van der Waals surface area contributed by atoms with Crippen molar-refractivity contribution in [3.05, 3.63) is 18.2 Å². The van der Waals surface area contributed by atoms with E-state index in [4.69, 9.17) is 10.5 Å². The van der Waals surface area contributed by atoms with Gasteiger partial charge in [0.05, 0.1) is 18.6 Å². The van der Waals surface area contributed by atoms with Gasteiger partial charge in [0, 0.05) is 12.2 Å². The van der Waals surface area contributed by atoms with Crippen molar-refractivity contribution >= 4 is 27.3 Å². The van der Waals surface area contributed by atoms with Crippen LogP contribution < -0.4 is 15.8 Å². The van der Waals surface area contributed by atoms with Gasteiger partial charge in [0.15, 0.2) is 0 Å². The van der Waals surface area contributed by atoms with E-state index in [1.807, 2.05) is 6.92 Å². The highest BCUT2D eigenvalue weighted by Crippen LogP contribution is 2.26. The number of carbonyl (C=O) groups is 1. The lowest BCUT2D eigenvalue weighted by Crippen LogP contribution is -2.50. The first-order chi connectivity index (χ1) is 11.4. The number of nitrogens with two attached hydrogens (primary N) is 1. The van der Waals surface area contributed by atoms with Crippen LogP contribution in [0.5, 0.6) is 5.75 Å². The average molecular weight is 355 g/mol. The molecule has 2 rings (SSSR count). The largest absolute Gasteiger partial charge is 0.495 e. The Balaban J connectivity index is 2.15. The Morgan fingerprint density at radius 3 is 2.79 bits per heavy atom. The summed E-state index contributed by atoms with van der Waals surface area (Å²) >= 11 is 0. The van der Waals surface area contributed by atoms with E-state index in [9.17, 15) is 13.2 Å². The zero-order valence-corrected chi connectivity index (χ0v) is 14.9. The summed E-state index contributed by atoms with van der Waals surface area (Å²) in [5.74, 6) is 0.267. The molecule has 8 heteroatoms. The van der Waals surface area contributed by atoms with Crippen molar-refractivity contribution in [1.29, 1.82) is 0 Å². The quantitative estimate of drug-likeness (QED) is 0.758. The lowest BCUT2D eigenvalue weighted by molar-refractivity contribution is -0.120. The summed E-state index contributed by atoms with van der Waals surface area (Å²) in [5.41, 5.74) is 6.78. The fraction of sp³-hybridized carbons (Fsp3) is 0.562. The van der Waals surface area contributed by atoms with E-state index in [1.54, 1.807) is 18.2 Å². The van der Waals surface area contributed by atoms with Crippen LogP contribution in [0.2, 0.25) is 0 Å². The summed E-state index contributed by atoms with van der Waals surface area (Å²) in [7, 11) is -1.89. The summed E-state index contributed by atoms with van der Waals surface area (Å²) in [6.45, 7) is 2.21. The van der Waals surface area contributed by atoms with Gasteiger partial charge < -0.3 is 15.8 Å². The summed E-state index contributed by atoms with van der Waals surface area (Å²) in [6, 6.07) is 4.28. The molecule has 0 bridgehead atoms. The second kappa shape index (κ2) is 7.85. The topological polar surface area (TPSA) is 102 Å². The van der Waals surface area contributed by atoms with Crippen LogP contribution in [0.15, 0.2) is 18.2 Å². The van der Waals surface area contributed by atoms with Crippen LogP contribution in [0, 0.1) is 0 Å². The van der Waals surface area contributed by atoms with Gasteiger partial charge in [-0.3, -0.25) is 4.79 Å². The smallest absolute Gasteiger partial charge is 0.242 e. The Bertz CT molecular complexity index is 691. The van der Waals surface area contributed by atoms with Crippen molar-refractivity contribution in [3.8, 4) is 5.75 Å². The predicted octanol–water partition coefficient (Wildman–Crippen LogP) is 1.81. The van der Waals surface area contributed by atoms with Gasteiger partial charge in [-0.25, -0.2) is 8.42 Å². The highest BCUT2D eigenvalue weighted by Gasteiger charge is 2.36. The number of nitrogen functional groups attached to an aromatic ring is 1. The van der Waals surface area contributed by atoms with Crippen LogP contribution in [-0.4, -0.2) is 44.1 Å². The third-order valence-electron chi connectivity index (χ3n) is 4.07. The second-order valence-electron chi connectivity index (χ2n) is 5.88. The second-order valence-corrected chi connectivity index (χ2v) is 7.93. The SMILES string of the molecule is CCCS(=O)(=O)N1CCCCC1C(=O)Nc1ccc(OC)c(N)c1. The minimum atomic E-state index is -3.41. The first-order valence-corrected chi connectivity index (χ1v) is 9.74. The number of anilines is 2. The number of hydrogen-bond donors (Lipinski definition) is 2. The Kier molecular flexibility index (Phi) is 6.06. The maximum absolute atomic E-state index is 12.6. The molecule has 0 radical (unpaired) electrons. The number of nitrogens with zero attached hydrogens (tertiary/aromatic N) is 1. The van der Waals surface area contributed by atoms with Crippen molar-refractivity contribution in [2.45, 2.75) is 38.6 Å². The van der Waals surface area contributed by atoms with Crippen LogP contribution in [0.4, 0.5) is 11.4 Å². The number of sulfonamides is 1. The van der Waals surface area contributed by atoms with E-state index in [0.717, 1.165) is 12.8 Å². The molecule has 3 N–H and O–H groups in total. The zero-order valence-electron chi connectivity index (χ0n) is 14.1. The van der Waals surface area contributed by atoms with Crippen LogP contribution in [-0.2, 0) is 14.8 Å². The number of amides is 1. The van der Waals surface area contributed by atoms with E-state index in [1.165, 1.54) is 11.4 Å². The van der Waals surface area contributed by atoms with Crippen LogP contribution >= 0.6 is 0 Å².